The molecule has 0 aliphatic rings. The Kier molecular flexibility index (Phi) is 2.44. The molecular weight excluding hydrogens is 260 g/mol. The third-order valence-corrected chi connectivity index (χ3v) is 2.63. The number of hydrogen-bond acceptors (Lipinski definition) is 3. The zero-order valence-electron chi connectivity index (χ0n) is 8.31. The van der Waals surface area contributed by atoms with Crippen molar-refractivity contribution in [1.82, 2.24) is 19.3 Å². The van der Waals surface area contributed by atoms with Gasteiger partial charge in [-0.15, -0.1) is 0 Å². The van der Waals surface area contributed by atoms with Crippen LogP contribution in [-0.4, -0.2) is 25.1 Å². The SMILES string of the molecule is Cn1cnc(C(=O)c2c(Br)cnn2C)c1. The normalized spacial score (nSPS) is 10.6. The molecule has 6 heteroatoms. The summed E-state index contributed by atoms with van der Waals surface area (Å²) >= 11 is 3.28. The fourth-order valence-corrected chi connectivity index (χ4v) is 1.85. The topological polar surface area (TPSA) is 52.7 Å². The average molecular weight is 269 g/mol. The molecule has 15 heavy (non-hydrogen) atoms. The van der Waals surface area contributed by atoms with Gasteiger partial charge in [0.1, 0.15) is 11.4 Å². The quantitative estimate of drug-likeness (QED) is 0.768. The van der Waals surface area contributed by atoms with Crippen molar-refractivity contribution >= 4 is 21.7 Å². The number of aryl methyl sites for hydroxylation is 2. The van der Waals surface area contributed by atoms with E-state index in [4.69, 9.17) is 0 Å². The lowest BCUT2D eigenvalue weighted by molar-refractivity contribution is 0.102. The van der Waals surface area contributed by atoms with Crippen molar-refractivity contribution in [2.45, 2.75) is 0 Å². The van der Waals surface area contributed by atoms with Gasteiger partial charge in [0.15, 0.2) is 0 Å². The van der Waals surface area contributed by atoms with E-state index in [1.54, 1.807) is 30.3 Å². The molecule has 0 fully saturated rings. The Labute approximate surface area is 94.9 Å². The Balaban J connectivity index is 2.45. The molecule has 0 spiro atoms. The molecule has 0 aromatic carbocycles. The molecule has 0 radical (unpaired) electrons. The number of carbonyl (C=O) groups is 1. The van der Waals surface area contributed by atoms with Crippen LogP contribution in [0.2, 0.25) is 0 Å². The summed E-state index contributed by atoms with van der Waals surface area (Å²) in [7, 11) is 3.54. The van der Waals surface area contributed by atoms with E-state index in [0.717, 1.165) is 0 Å². The number of halogens is 1. The van der Waals surface area contributed by atoms with Crippen molar-refractivity contribution in [2.75, 3.05) is 0 Å². The molecule has 5 nitrogen and oxygen atoms in total. The molecule has 0 amide bonds. The Morgan fingerprint density at radius 3 is 2.67 bits per heavy atom. The van der Waals surface area contributed by atoms with Gasteiger partial charge in [-0.05, 0) is 15.9 Å². The van der Waals surface area contributed by atoms with E-state index in [0.29, 0.717) is 15.9 Å². The third-order valence-electron chi connectivity index (χ3n) is 2.05. The highest BCUT2D eigenvalue weighted by atomic mass is 79.9. The summed E-state index contributed by atoms with van der Waals surface area (Å²) in [4.78, 5) is 16.0. The van der Waals surface area contributed by atoms with Crippen LogP contribution in [0.25, 0.3) is 0 Å². The number of aromatic nitrogens is 4. The van der Waals surface area contributed by atoms with E-state index in [1.165, 1.54) is 4.68 Å². The minimum Gasteiger partial charge on any atom is -0.340 e. The van der Waals surface area contributed by atoms with Crippen molar-refractivity contribution in [2.24, 2.45) is 14.1 Å². The maximum Gasteiger partial charge on any atom is 0.232 e. The predicted molar refractivity (Wildman–Crippen MR) is 57.5 cm³/mol. The van der Waals surface area contributed by atoms with Gasteiger partial charge in [0, 0.05) is 20.3 Å². The van der Waals surface area contributed by atoms with Crippen LogP contribution < -0.4 is 0 Å². The zero-order valence-corrected chi connectivity index (χ0v) is 9.89. The van der Waals surface area contributed by atoms with Gasteiger partial charge in [0.25, 0.3) is 0 Å². The highest BCUT2D eigenvalue weighted by Crippen LogP contribution is 2.17. The molecule has 0 N–H and O–H groups in total. The van der Waals surface area contributed by atoms with Crippen LogP contribution in [0.1, 0.15) is 16.2 Å². The summed E-state index contributed by atoms with van der Waals surface area (Å²) in [6, 6.07) is 0. The summed E-state index contributed by atoms with van der Waals surface area (Å²) < 4.78 is 3.94. The van der Waals surface area contributed by atoms with Crippen LogP contribution in [-0.2, 0) is 14.1 Å². The van der Waals surface area contributed by atoms with Gasteiger partial charge in [-0.1, -0.05) is 0 Å². The number of hydrogen-bond donors (Lipinski definition) is 0. The molecule has 0 atom stereocenters. The molecule has 0 aliphatic heterocycles. The number of nitrogens with zero attached hydrogens (tertiary/aromatic N) is 4. The first-order valence-corrected chi connectivity index (χ1v) is 5.09. The number of rotatable bonds is 2. The monoisotopic (exact) mass is 268 g/mol. The maximum absolute atomic E-state index is 12.0. The standard InChI is InChI=1S/C9H9BrN4O/c1-13-4-7(11-5-13)9(15)8-6(10)3-12-14(8)2/h3-5H,1-2H3. The van der Waals surface area contributed by atoms with E-state index >= 15 is 0 Å². The lowest BCUT2D eigenvalue weighted by Crippen LogP contribution is -2.09. The van der Waals surface area contributed by atoms with Crippen LogP contribution in [0.5, 0.6) is 0 Å². The predicted octanol–water partition coefficient (Wildman–Crippen LogP) is 1.15. The van der Waals surface area contributed by atoms with E-state index in [9.17, 15) is 4.79 Å². The Hall–Kier alpha value is -1.43. The first kappa shape index (κ1) is 10.1. The van der Waals surface area contributed by atoms with E-state index in [-0.39, 0.29) is 5.78 Å². The van der Waals surface area contributed by atoms with Crippen LogP contribution >= 0.6 is 15.9 Å². The van der Waals surface area contributed by atoms with Crippen molar-refractivity contribution < 1.29 is 4.79 Å². The fourth-order valence-electron chi connectivity index (χ4n) is 1.32. The largest absolute Gasteiger partial charge is 0.340 e. The summed E-state index contributed by atoms with van der Waals surface area (Å²) in [6.07, 6.45) is 4.87. The summed E-state index contributed by atoms with van der Waals surface area (Å²) in [5.74, 6) is -0.137. The molecule has 0 aliphatic carbocycles. The maximum atomic E-state index is 12.0. The molecule has 0 bridgehead atoms. The minimum atomic E-state index is -0.137. The van der Waals surface area contributed by atoms with E-state index in [2.05, 4.69) is 26.0 Å². The number of ketones is 1. The summed E-state index contributed by atoms with van der Waals surface area (Å²) in [5, 5.41) is 3.98. The van der Waals surface area contributed by atoms with Crippen LogP contribution in [0.3, 0.4) is 0 Å². The molecule has 2 rings (SSSR count). The van der Waals surface area contributed by atoms with Crippen molar-refractivity contribution in [1.29, 1.82) is 0 Å². The lowest BCUT2D eigenvalue weighted by atomic mass is 10.2. The molecular formula is C9H9BrN4O. The first-order chi connectivity index (χ1) is 7.09. The van der Waals surface area contributed by atoms with Gasteiger partial charge in [-0.2, -0.15) is 5.10 Å². The summed E-state index contributed by atoms with van der Waals surface area (Å²) in [5.41, 5.74) is 0.926. The number of carbonyl (C=O) groups excluding carboxylic acids is 1. The van der Waals surface area contributed by atoms with Gasteiger partial charge in [-0.3, -0.25) is 9.48 Å². The van der Waals surface area contributed by atoms with Crippen LogP contribution in [0.15, 0.2) is 23.2 Å². The Morgan fingerprint density at radius 2 is 2.20 bits per heavy atom. The van der Waals surface area contributed by atoms with Gasteiger partial charge in [0.2, 0.25) is 5.78 Å². The van der Waals surface area contributed by atoms with Gasteiger partial charge < -0.3 is 4.57 Å². The second kappa shape index (κ2) is 3.62. The van der Waals surface area contributed by atoms with Crippen molar-refractivity contribution in [3.8, 4) is 0 Å². The highest BCUT2D eigenvalue weighted by Gasteiger charge is 2.18. The lowest BCUT2D eigenvalue weighted by Gasteiger charge is -1.98. The number of imidazole rings is 1. The van der Waals surface area contributed by atoms with Crippen molar-refractivity contribution in [3.05, 3.63) is 34.6 Å². The summed E-state index contributed by atoms with van der Waals surface area (Å²) in [6.45, 7) is 0. The second-order valence-corrected chi connectivity index (χ2v) is 4.07. The molecule has 2 aromatic heterocycles. The Morgan fingerprint density at radius 1 is 1.47 bits per heavy atom. The fraction of sp³-hybridized carbons (Fsp3) is 0.222. The molecule has 2 heterocycles. The van der Waals surface area contributed by atoms with Crippen LogP contribution in [0.4, 0.5) is 0 Å². The van der Waals surface area contributed by atoms with Crippen LogP contribution in [0, 0.1) is 0 Å². The van der Waals surface area contributed by atoms with Gasteiger partial charge in [-0.25, -0.2) is 4.98 Å². The van der Waals surface area contributed by atoms with E-state index in [1.807, 2.05) is 7.05 Å². The molecule has 2 aromatic rings. The Bertz CT molecular complexity index is 494. The second-order valence-electron chi connectivity index (χ2n) is 3.22. The molecule has 0 saturated heterocycles. The van der Waals surface area contributed by atoms with Crippen molar-refractivity contribution in [3.63, 3.8) is 0 Å². The van der Waals surface area contributed by atoms with Gasteiger partial charge >= 0.3 is 0 Å². The smallest absolute Gasteiger partial charge is 0.232 e. The van der Waals surface area contributed by atoms with E-state index < -0.39 is 0 Å². The highest BCUT2D eigenvalue weighted by molar-refractivity contribution is 9.10. The van der Waals surface area contributed by atoms with Gasteiger partial charge in [0.05, 0.1) is 17.0 Å². The molecule has 78 valence electrons. The molecule has 0 saturated carbocycles. The third kappa shape index (κ3) is 1.72. The average Bonchev–Trinajstić information content (AvgIpc) is 2.73. The zero-order chi connectivity index (χ0) is 11.0. The molecule has 0 unspecified atom stereocenters. The first-order valence-electron chi connectivity index (χ1n) is 4.29. The minimum absolute atomic E-state index is 0.137.